The summed E-state index contributed by atoms with van der Waals surface area (Å²) < 4.78 is 0. The summed E-state index contributed by atoms with van der Waals surface area (Å²) in [4.78, 5) is 24.6. The molecule has 0 unspecified atom stereocenters. The van der Waals surface area contributed by atoms with Crippen LogP contribution in [0.15, 0.2) is 24.3 Å². The second kappa shape index (κ2) is 7.19. The van der Waals surface area contributed by atoms with E-state index in [1.807, 2.05) is 12.1 Å². The summed E-state index contributed by atoms with van der Waals surface area (Å²) >= 11 is 0. The zero-order valence-corrected chi connectivity index (χ0v) is 12.0. The third-order valence-corrected chi connectivity index (χ3v) is 3.95. The van der Waals surface area contributed by atoms with Gasteiger partial charge >= 0.3 is 0 Å². The molecule has 0 bridgehead atoms. The van der Waals surface area contributed by atoms with E-state index in [-0.39, 0.29) is 11.8 Å². The predicted octanol–water partition coefficient (Wildman–Crippen LogP) is 0.377. The van der Waals surface area contributed by atoms with Gasteiger partial charge in [0.15, 0.2) is 0 Å². The van der Waals surface area contributed by atoms with Gasteiger partial charge in [0.2, 0.25) is 5.91 Å². The monoisotopic (exact) mass is 290 g/mol. The van der Waals surface area contributed by atoms with Crippen LogP contribution >= 0.6 is 0 Å². The normalized spacial score (nSPS) is 16.6. The summed E-state index contributed by atoms with van der Waals surface area (Å²) in [6.45, 7) is 2.81. The Hall–Kier alpha value is -1.92. The van der Waals surface area contributed by atoms with Crippen LogP contribution in [0.5, 0.6) is 0 Å². The second-order valence-corrected chi connectivity index (χ2v) is 5.56. The lowest BCUT2D eigenvalue weighted by Crippen LogP contribution is -2.34. The number of nitrogens with two attached hydrogens (primary N) is 2. The zero-order chi connectivity index (χ0) is 15.2. The molecule has 0 radical (unpaired) electrons. The van der Waals surface area contributed by atoms with Crippen molar-refractivity contribution < 1.29 is 9.59 Å². The number of amides is 2. The summed E-state index contributed by atoms with van der Waals surface area (Å²) in [5, 5.41) is 0. The highest BCUT2D eigenvalue weighted by Gasteiger charge is 2.20. The van der Waals surface area contributed by atoms with Crippen molar-refractivity contribution in [3.63, 3.8) is 0 Å². The minimum absolute atomic E-state index is 0.206. The van der Waals surface area contributed by atoms with E-state index in [4.69, 9.17) is 11.6 Å². The molecule has 2 amide bonds. The molecule has 0 atom stereocenters. The minimum atomic E-state index is -0.284. The zero-order valence-electron chi connectivity index (χ0n) is 12.0. The van der Waals surface area contributed by atoms with Crippen LogP contribution < -0.4 is 17.0 Å². The van der Waals surface area contributed by atoms with Crippen LogP contribution in [0.25, 0.3) is 0 Å². The van der Waals surface area contributed by atoms with Crippen molar-refractivity contribution in [1.82, 2.24) is 10.3 Å². The number of hydrogen-bond acceptors (Lipinski definition) is 4. The molecule has 6 heteroatoms. The average Bonchev–Trinajstić information content (AvgIpc) is 2.49. The van der Waals surface area contributed by atoms with Gasteiger partial charge in [0.25, 0.3) is 5.91 Å². The largest absolute Gasteiger partial charge is 0.370 e. The van der Waals surface area contributed by atoms with Gasteiger partial charge in [-0.05, 0) is 49.5 Å². The van der Waals surface area contributed by atoms with Crippen molar-refractivity contribution in [3.05, 3.63) is 35.4 Å². The number of carbonyl (C=O) groups excluding carboxylic acids is 2. The maximum Gasteiger partial charge on any atom is 0.265 e. The Morgan fingerprint density at radius 3 is 2.33 bits per heavy atom. The van der Waals surface area contributed by atoms with Gasteiger partial charge in [-0.2, -0.15) is 0 Å². The van der Waals surface area contributed by atoms with Crippen LogP contribution in [0.1, 0.15) is 35.2 Å². The Kier molecular flexibility index (Phi) is 5.30. The lowest BCUT2D eigenvalue weighted by molar-refractivity contribution is -0.119. The molecule has 6 nitrogen and oxygen atoms in total. The molecule has 1 heterocycles. The van der Waals surface area contributed by atoms with E-state index >= 15 is 0 Å². The maximum absolute atomic E-state index is 11.4. The molecule has 5 N–H and O–H groups in total. The number of benzene rings is 1. The van der Waals surface area contributed by atoms with E-state index in [9.17, 15) is 9.59 Å². The van der Waals surface area contributed by atoms with Crippen LogP contribution in [-0.2, 0) is 11.3 Å². The molecule has 21 heavy (non-hydrogen) atoms. The van der Waals surface area contributed by atoms with Crippen molar-refractivity contribution in [2.45, 2.75) is 25.8 Å². The number of primary amides is 1. The van der Waals surface area contributed by atoms with Gasteiger partial charge in [-0.3, -0.25) is 19.9 Å². The lowest BCUT2D eigenvalue weighted by atomic mass is 9.93. The molecule has 0 spiro atoms. The SMILES string of the molecule is NNC(=O)c1ccc(CN2CCC(CC(N)=O)CC2)cc1. The Morgan fingerprint density at radius 1 is 1.19 bits per heavy atom. The fourth-order valence-electron chi connectivity index (χ4n) is 2.74. The van der Waals surface area contributed by atoms with E-state index in [0.29, 0.717) is 17.9 Å². The van der Waals surface area contributed by atoms with Gasteiger partial charge < -0.3 is 5.73 Å². The molecule has 0 aromatic heterocycles. The third-order valence-electron chi connectivity index (χ3n) is 3.95. The lowest BCUT2D eigenvalue weighted by Gasteiger charge is -2.31. The summed E-state index contributed by atoms with van der Waals surface area (Å²) in [5.41, 5.74) is 9.07. The van der Waals surface area contributed by atoms with Crippen LogP contribution in [0.3, 0.4) is 0 Å². The van der Waals surface area contributed by atoms with Crippen LogP contribution in [0, 0.1) is 5.92 Å². The molecule has 1 aromatic carbocycles. The highest BCUT2D eigenvalue weighted by Crippen LogP contribution is 2.21. The maximum atomic E-state index is 11.4. The van der Waals surface area contributed by atoms with E-state index in [1.165, 1.54) is 0 Å². The number of rotatable bonds is 5. The van der Waals surface area contributed by atoms with Gasteiger partial charge in [-0.25, -0.2) is 5.84 Å². The van der Waals surface area contributed by atoms with E-state index < -0.39 is 0 Å². The van der Waals surface area contributed by atoms with Crippen molar-refractivity contribution in [1.29, 1.82) is 0 Å². The van der Waals surface area contributed by atoms with E-state index in [1.54, 1.807) is 12.1 Å². The molecule has 1 aliphatic heterocycles. The quantitative estimate of drug-likeness (QED) is 0.414. The van der Waals surface area contributed by atoms with Crippen molar-refractivity contribution in [2.75, 3.05) is 13.1 Å². The summed E-state index contributed by atoms with van der Waals surface area (Å²) in [6, 6.07) is 7.44. The Labute approximate surface area is 124 Å². The minimum Gasteiger partial charge on any atom is -0.370 e. The first-order valence-electron chi connectivity index (χ1n) is 7.19. The number of nitrogens with one attached hydrogen (secondary N) is 1. The fourth-order valence-corrected chi connectivity index (χ4v) is 2.74. The first kappa shape index (κ1) is 15.5. The van der Waals surface area contributed by atoms with Crippen LogP contribution in [-0.4, -0.2) is 29.8 Å². The first-order valence-corrected chi connectivity index (χ1v) is 7.19. The average molecular weight is 290 g/mol. The van der Waals surface area contributed by atoms with Crippen LogP contribution in [0.2, 0.25) is 0 Å². The Morgan fingerprint density at radius 2 is 1.81 bits per heavy atom. The highest BCUT2D eigenvalue weighted by molar-refractivity contribution is 5.93. The molecular formula is C15H22N4O2. The molecule has 2 rings (SSSR count). The van der Waals surface area contributed by atoms with Crippen molar-refractivity contribution >= 4 is 11.8 Å². The topological polar surface area (TPSA) is 101 Å². The number of carbonyl (C=O) groups is 2. The summed E-state index contributed by atoms with van der Waals surface area (Å²) in [7, 11) is 0. The fraction of sp³-hybridized carbons (Fsp3) is 0.467. The van der Waals surface area contributed by atoms with Gasteiger partial charge in [0, 0.05) is 18.5 Å². The molecule has 1 saturated heterocycles. The number of hydrogen-bond donors (Lipinski definition) is 3. The Balaban J connectivity index is 1.83. The summed E-state index contributed by atoms with van der Waals surface area (Å²) in [5.74, 6) is 5.03. The number of nitrogen functional groups attached to an aromatic ring is 1. The van der Waals surface area contributed by atoms with Crippen LogP contribution in [0.4, 0.5) is 0 Å². The molecule has 0 aliphatic carbocycles. The van der Waals surface area contributed by atoms with Gasteiger partial charge in [0.1, 0.15) is 0 Å². The van der Waals surface area contributed by atoms with Crippen molar-refractivity contribution in [2.24, 2.45) is 17.5 Å². The van der Waals surface area contributed by atoms with E-state index in [2.05, 4.69) is 10.3 Å². The number of piperidine rings is 1. The molecule has 1 aromatic rings. The Bertz CT molecular complexity index is 493. The predicted molar refractivity (Wildman–Crippen MR) is 79.9 cm³/mol. The molecule has 1 fully saturated rings. The number of nitrogens with zero attached hydrogens (tertiary/aromatic N) is 1. The molecule has 114 valence electrons. The summed E-state index contributed by atoms with van der Waals surface area (Å²) in [6.07, 6.45) is 2.52. The second-order valence-electron chi connectivity index (χ2n) is 5.56. The van der Waals surface area contributed by atoms with Gasteiger partial charge in [0.05, 0.1) is 0 Å². The van der Waals surface area contributed by atoms with E-state index in [0.717, 1.165) is 38.0 Å². The molecular weight excluding hydrogens is 268 g/mol. The number of likely N-dealkylation sites (tertiary alicyclic amines) is 1. The standard InChI is InChI=1S/C15H22N4O2/c16-14(20)9-11-5-7-19(8-6-11)10-12-1-3-13(4-2-12)15(21)18-17/h1-4,11H,5-10,17H2,(H2,16,20)(H,18,21). The van der Waals surface area contributed by atoms with Gasteiger partial charge in [-0.1, -0.05) is 12.1 Å². The first-order chi connectivity index (χ1) is 10.1. The molecule has 1 aliphatic rings. The smallest absolute Gasteiger partial charge is 0.265 e. The molecule has 0 saturated carbocycles. The number of hydrazine groups is 1. The highest BCUT2D eigenvalue weighted by atomic mass is 16.2. The van der Waals surface area contributed by atoms with Gasteiger partial charge in [-0.15, -0.1) is 0 Å². The van der Waals surface area contributed by atoms with Crippen molar-refractivity contribution in [3.8, 4) is 0 Å². The third kappa shape index (κ3) is 4.54.